The Morgan fingerprint density at radius 3 is 2.79 bits per heavy atom. The summed E-state index contributed by atoms with van der Waals surface area (Å²) in [6, 6.07) is 8.87. The van der Waals surface area contributed by atoms with Gasteiger partial charge < -0.3 is 4.90 Å². The molecule has 0 saturated carbocycles. The van der Waals surface area contributed by atoms with E-state index in [9.17, 15) is 4.39 Å². The highest BCUT2D eigenvalue weighted by molar-refractivity contribution is 5.45. The molecule has 0 aliphatic heterocycles. The van der Waals surface area contributed by atoms with Crippen LogP contribution in [-0.2, 0) is 0 Å². The third kappa shape index (κ3) is 4.88. The largest absolute Gasteiger partial charge is 0.375 e. The van der Waals surface area contributed by atoms with Crippen LogP contribution in [-0.4, -0.2) is 25.7 Å². The Bertz CT molecular complexity index is 441. The van der Waals surface area contributed by atoms with Gasteiger partial charge in [-0.3, -0.25) is 5.32 Å². The van der Waals surface area contributed by atoms with E-state index in [1.165, 1.54) is 12.1 Å². The molecule has 1 atom stereocenters. The summed E-state index contributed by atoms with van der Waals surface area (Å²) in [5.74, 6) is -0.223. The van der Waals surface area contributed by atoms with E-state index >= 15 is 0 Å². The summed E-state index contributed by atoms with van der Waals surface area (Å²) in [6.07, 6.45) is 1.65. The van der Waals surface area contributed by atoms with Crippen LogP contribution < -0.4 is 10.2 Å². The molecule has 0 spiro atoms. The van der Waals surface area contributed by atoms with Crippen molar-refractivity contribution in [3.05, 3.63) is 30.1 Å². The van der Waals surface area contributed by atoms with E-state index in [0.29, 0.717) is 0 Å². The van der Waals surface area contributed by atoms with Crippen LogP contribution in [0, 0.1) is 17.1 Å². The molecule has 19 heavy (non-hydrogen) atoms. The highest BCUT2D eigenvalue weighted by atomic mass is 19.1. The van der Waals surface area contributed by atoms with Gasteiger partial charge in [0.05, 0.1) is 6.07 Å². The van der Waals surface area contributed by atoms with E-state index in [-0.39, 0.29) is 5.82 Å². The molecule has 0 aromatic heterocycles. The molecule has 1 N–H and O–H groups in total. The standard InChI is InChI=1S/C15H22FN3/c1-4-18-15(2,12-17)9-6-10-19(3)14-8-5-7-13(16)11-14/h5,7-8,11,18H,4,6,9-10H2,1-3H3. The maximum absolute atomic E-state index is 13.1. The number of halogens is 1. The van der Waals surface area contributed by atoms with Crippen molar-refractivity contribution in [3.8, 4) is 6.07 Å². The zero-order chi connectivity index (χ0) is 14.3. The van der Waals surface area contributed by atoms with Crippen molar-refractivity contribution in [2.75, 3.05) is 25.0 Å². The van der Waals surface area contributed by atoms with Gasteiger partial charge in [0.25, 0.3) is 0 Å². The van der Waals surface area contributed by atoms with Gasteiger partial charge >= 0.3 is 0 Å². The topological polar surface area (TPSA) is 39.1 Å². The molecule has 0 aliphatic carbocycles. The zero-order valence-electron chi connectivity index (χ0n) is 11.9. The Morgan fingerprint density at radius 1 is 1.47 bits per heavy atom. The van der Waals surface area contributed by atoms with Crippen molar-refractivity contribution < 1.29 is 4.39 Å². The summed E-state index contributed by atoms with van der Waals surface area (Å²) in [4.78, 5) is 2.01. The minimum Gasteiger partial charge on any atom is -0.375 e. The number of nitrogens with zero attached hydrogens (tertiary/aromatic N) is 2. The van der Waals surface area contributed by atoms with Crippen LogP contribution in [0.5, 0.6) is 0 Å². The Labute approximate surface area is 115 Å². The SMILES string of the molecule is CCNC(C)(C#N)CCCN(C)c1cccc(F)c1. The molecule has 1 aromatic carbocycles. The lowest BCUT2D eigenvalue weighted by atomic mass is 9.97. The van der Waals surface area contributed by atoms with Gasteiger partial charge in [-0.1, -0.05) is 13.0 Å². The summed E-state index contributed by atoms with van der Waals surface area (Å²) in [5.41, 5.74) is 0.388. The number of nitrogens with one attached hydrogen (secondary N) is 1. The van der Waals surface area contributed by atoms with E-state index in [1.54, 1.807) is 6.07 Å². The van der Waals surface area contributed by atoms with Gasteiger partial charge in [0.2, 0.25) is 0 Å². The number of hydrogen-bond donors (Lipinski definition) is 1. The number of anilines is 1. The molecular weight excluding hydrogens is 241 g/mol. The molecule has 0 aliphatic rings. The highest BCUT2D eigenvalue weighted by Crippen LogP contribution is 2.16. The van der Waals surface area contributed by atoms with E-state index in [2.05, 4.69) is 11.4 Å². The zero-order valence-corrected chi connectivity index (χ0v) is 11.9. The minimum absolute atomic E-state index is 0.223. The molecule has 4 heteroatoms. The van der Waals surface area contributed by atoms with E-state index < -0.39 is 5.54 Å². The maximum atomic E-state index is 13.1. The summed E-state index contributed by atoms with van der Waals surface area (Å²) in [7, 11) is 1.94. The second kappa shape index (κ2) is 7.10. The summed E-state index contributed by atoms with van der Waals surface area (Å²) >= 11 is 0. The van der Waals surface area contributed by atoms with Crippen LogP contribution in [0.2, 0.25) is 0 Å². The first-order chi connectivity index (χ1) is 9.00. The van der Waals surface area contributed by atoms with Gasteiger partial charge in [-0.15, -0.1) is 0 Å². The quantitative estimate of drug-likeness (QED) is 0.822. The van der Waals surface area contributed by atoms with Crippen LogP contribution in [0.15, 0.2) is 24.3 Å². The smallest absolute Gasteiger partial charge is 0.125 e. The number of nitriles is 1. The fraction of sp³-hybridized carbons (Fsp3) is 0.533. The average Bonchev–Trinajstić information content (AvgIpc) is 2.39. The van der Waals surface area contributed by atoms with Crippen molar-refractivity contribution in [2.24, 2.45) is 0 Å². The van der Waals surface area contributed by atoms with Gasteiger partial charge in [-0.25, -0.2) is 4.39 Å². The van der Waals surface area contributed by atoms with Crippen LogP contribution >= 0.6 is 0 Å². The average molecular weight is 263 g/mol. The van der Waals surface area contributed by atoms with Crippen LogP contribution in [0.3, 0.4) is 0 Å². The van der Waals surface area contributed by atoms with Gasteiger partial charge in [-0.05, 0) is 44.5 Å². The van der Waals surface area contributed by atoms with Crippen LogP contribution in [0.4, 0.5) is 10.1 Å². The normalized spacial score (nSPS) is 13.6. The molecule has 1 aromatic rings. The second-order valence-corrected chi connectivity index (χ2v) is 4.98. The van der Waals surface area contributed by atoms with Crippen molar-refractivity contribution in [1.29, 1.82) is 5.26 Å². The highest BCUT2D eigenvalue weighted by Gasteiger charge is 2.21. The van der Waals surface area contributed by atoms with Crippen molar-refractivity contribution in [2.45, 2.75) is 32.2 Å². The molecule has 0 heterocycles. The lowest BCUT2D eigenvalue weighted by molar-refractivity contribution is 0.418. The first kappa shape index (κ1) is 15.5. The molecule has 0 bridgehead atoms. The Balaban J connectivity index is 2.47. The fourth-order valence-electron chi connectivity index (χ4n) is 2.09. The van der Waals surface area contributed by atoms with Gasteiger partial charge in [0.15, 0.2) is 0 Å². The van der Waals surface area contributed by atoms with E-state index in [4.69, 9.17) is 5.26 Å². The second-order valence-electron chi connectivity index (χ2n) is 4.98. The molecular formula is C15H22FN3. The molecule has 1 rings (SSSR count). The van der Waals surface area contributed by atoms with Gasteiger partial charge in [0.1, 0.15) is 11.4 Å². The van der Waals surface area contributed by atoms with Crippen molar-refractivity contribution >= 4 is 5.69 Å². The number of hydrogen-bond acceptors (Lipinski definition) is 3. The first-order valence-electron chi connectivity index (χ1n) is 6.64. The Morgan fingerprint density at radius 2 is 2.21 bits per heavy atom. The van der Waals surface area contributed by atoms with E-state index in [1.807, 2.05) is 31.9 Å². The van der Waals surface area contributed by atoms with Crippen LogP contribution in [0.25, 0.3) is 0 Å². The molecule has 0 saturated heterocycles. The molecule has 104 valence electrons. The number of benzene rings is 1. The molecule has 0 amide bonds. The van der Waals surface area contributed by atoms with Crippen molar-refractivity contribution in [1.82, 2.24) is 5.32 Å². The summed E-state index contributed by atoms with van der Waals surface area (Å²) in [5, 5.41) is 12.4. The Hall–Kier alpha value is -1.60. The summed E-state index contributed by atoms with van der Waals surface area (Å²) in [6.45, 7) is 5.49. The predicted octanol–water partition coefficient (Wildman–Crippen LogP) is 2.93. The maximum Gasteiger partial charge on any atom is 0.125 e. The van der Waals surface area contributed by atoms with Gasteiger partial charge in [-0.2, -0.15) is 5.26 Å². The third-order valence-electron chi connectivity index (χ3n) is 3.23. The fourth-order valence-corrected chi connectivity index (χ4v) is 2.09. The van der Waals surface area contributed by atoms with E-state index in [0.717, 1.165) is 31.6 Å². The lowest BCUT2D eigenvalue weighted by Crippen LogP contribution is -2.41. The molecule has 0 radical (unpaired) electrons. The third-order valence-corrected chi connectivity index (χ3v) is 3.23. The molecule has 3 nitrogen and oxygen atoms in total. The van der Waals surface area contributed by atoms with Crippen LogP contribution in [0.1, 0.15) is 26.7 Å². The monoisotopic (exact) mass is 263 g/mol. The number of rotatable bonds is 7. The van der Waals surface area contributed by atoms with Gasteiger partial charge in [0, 0.05) is 19.3 Å². The van der Waals surface area contributed by atoms with Crippen molar-refractivity contribution in [3.63, 3.8) is 0 Å². The minimum atomic E-state index is -0.475. The first-order valence-corrected chi connectivity index (χ1v) is 6.64. The summed E-state index contributed by atoms with van der Waals surface area (Å²) < 4.78 is 13.1. The molecule has 0 fully saturated rings. The molecule has 1 unspecified atom stereocenters. The lowest BCUT2D eigenvalue weighted by Gasteiger charge is -2.25. The Kier molecular flexibility index (Phi) is 5.78. The predicted molar refractivity (Wildman–Crippen MR) is 76.6 cm³/mol.